The van der Waals surface area contributed by atoms with Gasteiger partial charge in [0.25, 0.3) is 0 Å². The third-order valence-corrected chi connectivity index (χ3v) is 13.5. The van der Waals surface area contributed by atoms with Gasteiger partial charge in [0.15, 0.2) is 17.5 Å². The summed E-state index contributed by atoms with van der Waals surface area (Å²) in [5.74, 6) is 1.80. The first-order chi connectivity index (χ1) is 34.6. The fourth-order valence-electron chi connectivity index (χ4n) is 9.88. The third-order valence-electron chi connectivity index (χ3n) is 13.5. The van der Waals surface area contributed by atoms with Crippen molar-refractivity contribution in [2.75, 3.05) is 0 Å². The summed E-state index contributed by atoms with van der Waals surface area (Å²) < 4.78 is 0. The lowest BCUT2D eigenvalue weighted by Gasteiger charge is -2.16. The summed E-state index contributed by atoms with van der Waals surface area (Å²) in [6.45, 7) is 0. The number of aromatic nitrogens is 4. The van der Waals surface area contributed by atoms with Crippen LogP contribution in [0.4, 0.5) is 0 Å². The normalized spacial score (nSPS) is 11.4. The quantitative estimate of drug-likeness (QED) is 0.143. The number of nitrogens with zero attached hydrogens (tertiary/aromatic N) is 4. The lowest BCUT2D eigenvalue weighted by molar-refractivity contribution is 1.07. The van der Waals surface area contributed by atoms with Gasteiger partial charge in [-0.2, -0.15) is 0 Å². The fraction of sp³-hybridized carbons (Fsp3) is 0. The minimum absolute atomic E-state index is 0.593. The minimum Gasteiger partial charge on any atom is -0.256 e. The summed E-state index contributed by atoms with van der Waals surface area (Å²) in [5.41, 5.74) is 13.7. The Labute approximate surface area is 405 Å². The average Bonchev–Trinajstić information content (AvgIpc) is 3.44. The molecule has 0 atom stereocenters. The van der Waals surface area contributed by atoms with E-state index in [9.17, 15) is 0 Å². The molecule has 326 valence electrons. The van der Waals surface area contributed by atoms with E-state index in [4.69, 9.17) is 15.0 Å². The molecule has 70 heavy (non-hydrogen) atoms. The van der Waals surface area contributed by atoms with Crippen LogP contribution in [0, 0.1) is 0 Å². The highest BCUT2D eigenvalue weighted by Crippen LogP contribution is 2.41. The molecule has 11 aromatic carbocycles. The Kier molecular flexibility index (Phi) is 10.1. The van der Waals surface area contributed by atoms with Crippen molar-refractivity contribution in [2.45, 2.75) is 0 Å². The van der Waals surface area contributed by atoms with E-state index < -0.39 is 0 Å². The van der Waals surface area contributed by atoms with E-state index in [1.807, 2.05) is 24.4 Å². The summed E-state index contributed by atoms with van der Waals surface area (Å²) in [6, 6.07) is 88.5. The van der Waals surface area contributed by atoms with Crippen molar-refractivity contribution in [2.24, 2.45) is 0 Å². The molecule has 13 aromatic rings. The molecule has 0 radical (unpaired) electrons. The predicted octanol–water partition coefficient (Wildman–Crippen LogP) is 17.2. The Balaban J connectivity index is 0.986. The standard InChI is InChI=1S/C66H42N4/c1-3-13-51-37-53(34-26-43(51)11-1)45-22-30-49(31-23-45)64-68-65(50-32-24-46(25-33-50)54-35-27-44-12-2-4-14-52(44)38-54)70-66(69-64)59-41-57(47-20-28-48(29-21-47)62-19-9-10-36-67-62)40-58(42-59)63-60-17-7-5-15-55(60)39-56-16-6-8-18-61(56)63/h1-42H. The Morgan fingerprint density at radius 3 is 1.11 bits per heavy atom. The zero-order chi connectivity index (χ0) is 46.4. The molecular weight excluding hydrogens is 849 g/mol. The van der Waals surface area contributed by atoms with Gasteiger partial charge in [-0.3, -0.25) is 4.98 Å². The molecule has 0 saturated heterocycles. The second-order valence-electron chi connectivity index (χ2n) is 17.9. The highest BCUT2D eigenvalue weighted by molar-refractivity contribution is 6.13. The number of fused-ring (bicyclic) bond motifs is 4. The molecule has 0 saturated carbocycles. The van der Waals surface area contributed by atoms with Crippen LogP contribution in [0.15, 0.2) is 255 Å². The second kappa shape index (κ2) is 17.4. The van der Waals surface area contributed by atoms with Gasteiger partial charge in [0.1, 0.15) is 0 Å². The molecular formula is C66H42N4. The molecule has 4 heteroatoms. The van der Waals surface area contributed by atoms with Gasteiger partial charge in [-0.25, -0.2) is 15.0 Å². The van der Waals surface area contributed by atoms with Crippen LogP contribution in [-0.2, 0) is 0 Å². The zero-order valence-electron chi connectivity index (χ0n) is 38.0. The second-order valence-corrected chi connectivity index (χ2v) is 17.9. The number of benzene rings is 11. The number of hydrogen-bond acceptors (Lipinski definition) is 4. The minimum atomic E-state index is 0.593. The average molecular weight is 891 g/mol. The molecule has 0 spiro atoms. The van der Waals surface area contributed by atoms with Gasteiger partial charge in [0.05, 0.1) is 5.69 Å². The van der Waals surface area contributed by atoms with E-state index in [2.05, 4.69) is 236 Å². The van der Waals surface area contributed by atoms with Crippen molar-refractivity contribution in [1.82, 2.24) is 19.9 Å². The predicted molar refractivity (Wildman–Crippen MR) is 291 cm³/mol. The highest BCUT2D eigenvalue weighted by Gasteiger charge is 2.18. The van der Waals surface area contributed by atoms with E-state index in [0.29, 0.717) is 17.5 Å². The summed E-state index contributed by atoms with van der Waals surface area (Å²) in [7, 11) is 0. The first kappa shape index (κ1) is 40.9. The largest absolute Gasteiger partial charge is 0.256 e. The fourth-order valence-corrected chi connectivity index (χ4v) is 9.88. The summed E-state index contributed by atoms with van der Waals surface area (Å²) in [5, 5.41) is 9.62. The van der Waals surface area contributed by atoms with Gasteiger partial charge in [-0.05, 0) is 136 Å². The molecule has 0 fully saturated rings. The third kappa shape index (κ3) is 7.74. The molecule has 13 rings (SSSR count). The van der Waals surface area contributed by atoms with Crippen LogP contribution in [-0.4, -0.2) is 19.9 Å². The molecule has 0 amide bonds. The summed E-state index contributed by atoms with van der Waals surface area (Å²) in [6.07, 6.45) is 1.84. The maximum absolute atomic E-state index is 5.35. The summed E-state index contributed by atoms with van der Waals surface area (Å²) >= 11 is 0. The number of pyridine rings is 1. The molecule has 2 aromatic heterocycles. The van der Waals surface area contributed by atoms with Crippen LogP contribution in [0.5, 0.6) is 0 Å². The van der Waals surface area contributed by atoms with E-state index in [1.54, 1.807) is 0 Å². The van der Waals surface area contributed by atoms with E-state index in [1.165, 1.54) is 48.7 Å². The first-order valence-corrected chi connectivity index (χ1v) is 23.7. The zero-order valence-corrected chi connectivity index (χ0v) is 38.0. The van der Waals surface area contributed by atoms with Crippen molar-refractivity contribution in [3.8, 4) is 89.9 Å². The van der Waals surface area contributed by atoms with Crippen LogP contribution in [0.3, 0.4) is 0 Å². The van der Waals surface area contributed by atoms with Crippen molar-refractivity contribution in [1.29, 1.82) is 0 Å². The van der Waals surface area contributed by atoms with E-state index in [0.717, 1.165) is 66.9 Å². The Bertz CT molecular complexity index is 3890. The van der Waals surface area contributed by atoms with Crippen LogP contribution in [0.1, 0.15) is 0 Å². The lowest BCUT2D eigenvalue weighted by atomic mass is 9.89. The topological polar surface area (TPSA) is 51.6 Å². The smallest absolute Gasteiger partial charge is 0.164 e. The summed E-state index contributed by atoms with van der Waals surface area (Å²) in [4.78, 5) is 20.6. The van der Waals surface area contributed by atoms with Crippen LogP contribution < -0.4 is 0 Å². The van der Waals surface area contributed by atoms with Crippen molar-refractivity contribution in [3.63, 3.8) is 0 Å². The monoisotopic (exact) mass is 890 g/mol. The number of hydrogen-bond donors (Lipinski definition) is 0. The van der Waals surface area contributed by atoms with E-state index >= 15 is 0 Å². The molecule has 2 heterocycles. The molecule has 0 N–H and O–H groups in total. The van der Waals surface area contributed by atoms with Crippen molar-refractivity contribution >= 4 is 43.1 Å². The van der Waals surface area contributed by atoms with Gasteiger partial charge in [0, 0.05) is 28.5 Å². The Morgan fingerprint density at radius 2 is 0.600 bits per heavy atom. The molecule has 0 aliphatic rings. The van der Waals surface area contributed by atoms with Gasteiger partial charge in [0.2, 0.25) is 0 Å². The number of rotatable bonds is 8. The molecule has 0 unspecified atom stereocenters. The van der Waals surface area contributed by atoms with Gasteiger partial charge in [-0.15, -0.1) is 0 Å². The van der Waals surface area contributed by atoms with Crippen molar-refractivity contribution < 1.29 is 0 Å². The van der Waals surface area contributed by atoms with Crippen LogP contribution in [0.2, 0.25) is 0 Å². The Hall–Kier alpha value is -9.38. The molecule has 0 bridgehead atoms. The van der Waals surface area contributed by atoms with Gasteiger partial charge >= 0.3 is 0 Å². The lowest BCUT2D eigenvalue weighted by Crippen LogP contribution is -2.01. The van der Waals surface area contributed by atoms with E-state index in [-0.39, 0.29) is 0 Å². The maximum Gasteiger partial charge on any atom is 0.164 e. The Morgan fingerprint density at radius 1 is 0.214 bits per heavy atom. The first-order valence-electron chi connectivity index (χ1n) is 23.7. The maximum atomic E-state index is 5.35. The molecule has 4 nitrogen and oxygen atoms in total. The van der Waals surface area contributed by atoms with Crippen LogP contribution in [0.25, 0.3) is 133 Å². The molecule has 0 aliphatic carbocycles. The van der Waals surface area contributed by atoms with Gasteiger partial charge in [-0.1, -0.05) is 200 Å². The van der Waals surface area contributed by atoms with Crippen molar-refractivity contribution in [3.05, 3.63) is 255 Å². The van der Waals surface area contributed by atoms with Crippen LogP contribution >= 0.6 is 0 Å². The highest BCUT2D eigenvalue weighted by atomic mass is 15.0. The molecule has 0 aliphatic heterocycles. The SMILES string of the molecule is c1ccc(-c2ccc(-c3cc(-c4nc(-c5ccc(-c6ccc7ccccc7c6)cc5)nc(-c5ccc(-c6ccc7ccccc7c6)cc5)n4)cc(-c4c5ccccc5cc5ccccc45)c3)cc2)nc1. The van der Waals surface area contributed by atoms with Gasteiger partial charge < -0.3 is 0 Å².